The van der Waals surface area contributed by atoms with Gasteiger partial charge in [-0.1, -0.05) is 29.8 Å². The van der Waals surface area contributed by atoms with Crippen molar-refractivity contribution in [1.82, 2.24) is 9.61 Å². The van der Waals surface area contributed by atoms with E-state index < -0.39 is 0 Å². The van der Waals surface area contributed by atoms with Crippen molar-refractivity contribution in [3.8, 4) is 0 Å². The molecule has 2 nitrogen and oxygen atoms in total. The van der Waals surface area contributed by atoms with Gasteiger partial charge in [0.1, 0.15) is 0 Å². The molecule has 2 heteroatoms. The maximum Gasteiger partial charge on any atom is 0.0779 e. The van der Waals surface area contributed by atoms with Crippen LogP contribution < -0.4 is 0 Å². The first-order valence-corrected chi connectivity index (χ1v) is 7.34. The molecule has 2 aromatic heterocycles. The van der Waals surface area contributed by atoms with Gasteiger partial charge in [-0.2, -0.15) is 5.10 Å². The first kappa shape index (κ1) is 12.4. The van der Waals surface area contributed by atoms with Crippen LogP contribution in [-0.2, 0) is 0 Å². The maximum absolute atomic E-state index is 4.62. The lowest BCUT2D eigenvalue weighted by Crippen LogP contribution is -1.96. The van der Waals surface area contributed by atoms with Crippen LogP contribution in [0.25, 0.3) is 27.2 Å². The monoisotopic (exact) mass is 274 g/mol. The third kappa shape index (κ3) is 1.56. The Kier molecular flexibility index (Phi) is 2.41. The van der Waals surface area contributed by atoms with E-state index in [4.69, 9.17) is 0 Å². The second-order valence-electron chi connectivity index (χ2n) is 6.06. The van der Waals surface area contributed by atoms with E-state index in [1.165, 1.54) is 49.4 Å². The van der Waals surface area contributed by atoms with Gasteiger partial charge in [0, 0.05) is 10.8 Å². The average molecular weight is 274 g/mol. The molecule has 0 saturated heterocycles. The summed E-state index contributed by atoms with van der Waals surface area (Å²) in [5, 5.41) is 8.61. The number of nitrogens with zero attached hydrogens (tertiary/aromatic N) is 2. The Morgan fingerprint density at radius 3 is 2.48 bits per heavy atom. The highest BCUT2D eigenvalue weighted by Gasteiger charge is 2.14. The lowest BCUT2D eigenvalue weighted by molar-refractivity contribution is 1.01. The van der Waals surface area contributed by atoms with E-state index in [-0.39, 0.29) is 0 Å². The summed E-state index contributed by atoms with van der Waals surface area (Å²) in [5.74, 6) is 0. The molecule has 104 valence electrons. The van der Waals surface area contributed by atoms with Crippen molar-refractivity contribution in [1.29, 1.82) is 0 Å². The van der Waals surface area contributed by atoms with Gasteiger partial charge >= 0.3 is 0 Å². The summed E-state index contributed by atoms with van der Waals surface area (Å²) in [6, 6.07) is 11.0. The van der Waals surface area contributed by atoms with Crippen molar-refractivity contribution in [3.05, 3.63) is 58.8 Å². The van der Waals surface area contributed by atoms with Crippen molar-refractivity contribution in [2.24, 2.45) is 0 Å². The molecule has 0 aliphatic carbocycles. The lowest BCUT2D eigenvalue weighted by atomic mass is 9.95. The van der Waals surface area contributed by atoms with Gasteiger partial charge < -0.3 is 0 Å². The molecule has 0 unspecified atom stereocenters. The van der Waals surface area contributed by atoms with Gasteiger partial charge in [0.25, 0.3) is 0 Å². The molecule has 0 amide bonds. The third-order valence-corrected chi connectivity index (χ3v) is 4.42. The van der Waals surface area contributed by atoms with Crippen molar-refractivity contribution in [2.75, 3.05) is 0 Å². The summed E-state index contributed by atoms with van der Waals surface area (Å²) in [7, 11) is 0. The molecule has 2 heterocycles. The lowest BCUT2D eigenvalue weighted by Gasteiger charge is -2.13. The van der Waals surface area contributed by atoms with Crippen LogP contribution in [0.1, 0.15) is 22.3 Å². The largest absolute Gasteiger partial charge is 0.232 e. The molecule has 0 fully saturated rings. The summed E-state index contributed by atoms with van der Waals surface area (Å²) in [5.41, 5.74) is 7.60. The minimum absolute atomic E-state index is 1.19. The number of benzene rings is 2. The van der Waals surface area contributed by atoms with Gasteiger partial charge in [-0.05, 0) is 55.8 Å². The summed E-state index contributed by atoms with van der Waals surface area (Å²) in [6.45, 7) is 8.69. The molecule has 0 radical (unpaired) electrons. The quantitative estimate of drug-likeness (QED) is 0.418. The summed E-state index contributed by atoms with van der Waals surface area (Å²) in [4.78, 5) is 0. The van der Waals surface area contributed by atoms with Gasteiger partial charge in [0.2, 0.25) is 0 Å². The first-order chi connectivity index (χ1) is 10.1. The Balaban J connectivity index is 2.49. The zero-order chi connectivity index (χ0) is 14.7. The van der Waals surface area contributed by atoms with Crippen molar-refractivity contribution in [2.45, 2.75) is 27.7 Å². The molecule has 0 atom stereocenters. The SMILES string of the molecule is Cc1cc(C)c2c(c1)c1c(C)cccc1n1ncc(C)c21. The fourth-order valence-electron chi connectivity index (χ4n) is 3.57. The van der Waals surface area contributed by atoms with Crippen LogP contribution in [-0.4, -0.2) is 9.61 Å². The van der Waals surface area contributed by atoms with Gasteiger partial charge in [0.15, 0.2) is 0 Å². The second-order valence-corrected chi connectivity index (χ2v) is 6.06. The van der Waals surface area contributed by atoms with E-state index >= 15 is 0 Å². The Labute approximate surface area is 124 Å². The molecule has 0 bridgehead atoms. The van der Waals surface area contributed by atoms with Crippen molar-refractivity contribution >= 4 is 27.2 Å². The first-order valence-electron chi connectivity index (χ1n) is 7.34. The highest BCUT2D eigenvalue weighted by Crippen LogP contribution is 2.35. The molecular formula is C19H18N2. The number of fused-ring (bicyclic) bond motifs is 6. The van der Waals surface area contributed by atoms with Crippen LogP contribution >= 0.6 is 0 Å². The predicted molar refractivity (Wildman–Crippen MR) is 89.2 cm³/mol. The molecular weight excluding hydrogens is 256 g/mol. The zero-order valence-electron chi connectivity index (χ0n) is 12.9. The van der Waals surface area contributed by atoms with Gasteiger partial charge in [0.05, 0.1) is 17.2 Å². The Bertz CT molecular complexity index is 1020. The van der Waals surface area contributed by atoms with Crippen molar-refractivity contribution in [3.63, 3.8) is 0 Å². The normalized spacial score (nSPS) is 11.8. The summed E-state index contributed by atoms with van der Waals surface area (Å²) >= 11 is 0. The van der Waals surface area contributed by atoms with Gasteiger partial charge in [-0.3, -0.25) is 0 Å². The zero-order valence-corrected chi connectivity index (χ0v) is 12.9. The fourth-order valence-corrected chi connectivity index (χ4v) is 3.57. The van der Waals surface area contributed by atoms with E-state index in [0.717, 1.165) is 0 Å². The molecule has 0 saturated carbocycles. The minimum Gasteiger partial charge on any atom is -0.232 e. The maximum atomic E-state index is 4.62. The number of rotatable bonds is 0. The van der Waals surface area contributed by atoms with E-state index in [9.17, 15) is 0 Å². The number of hydrogen-bond donors (Lipinski definition) is 0. The third-order valence-electron chi connectivity index (χ3n) is 4.42. The van der Waals surface area contributed by atoms with Crippen molar-refractivity contribution < 1.29 is 0 Å². The number of aryl methyl sites for hydroxylation is 4. The van der Waals surface area contributed by atoms with E-state index in [1.54, 1.807) is 0 Å². The van der Waals surface area contributed by atoms with Crippen LogP contribution in [0.3, 0.4) is 0 Å². The molecule has 4 aromatic rings. The predicted octanol–water partition coefficient (Wildman–Crippen LogP) is 4.87. The van der Waals surface area contributed by atoms with E-state index in [2.05, 4.69) is 67.6 Å². The Morgan fingerprint density at radius 2 is 1.67 bits per heavy atom. The van der Waals surface area contributed by atoms with Gasteiger partial charge in [-0.25, -0.2) is 4.52 Å². The van der Waals surface area contributed by atoms with E-state index in [1.807, 2.05) is 6.20 Å². The van der Waals surface area contributed by atoms with Crippen LogP contribution in [0.15, 0.2) is 36.5 Å². The van der Waals surface area contributed by atoms with Crippen LogP contribution in [0.5, 0.6) is 0 Å². The summed E-state index contributed by atoms with van der Waals surface area (Å²) < 4.78 is 2.10. The molecule has 0 spiro atoms. The highest BCUT2D eigenvalue weighted by molar-refractivity contribution is 6.15. The second kappa shape index (κ2) is 4.08. The molecule has 0 aliphatic heterocycles. The van der Waals surface area contributed by atoms with E-state index in [0.29, 0.717) is 0 Å². The molecule has 0 N–H and O–H groups in total. The summed E-state index contributed by atoms with van der Waals surface area (Å²) in [6.07, 6.45) is 1.97. The fraction of sp³-hybridized carbons (Fsp3) is 0.211. The average Bonchev–Trinajstić information content (AvgIpc) is 2.81. The number of hydrogen-bond acceptors (Lipinski definition) is 1. The number of aromatic nitrogens is 2. The van der Waals surface area contributed by atoms with Crippen LogP contribution in [0.4, 0.5) is 0 Å². The smallest absolute Gasteiger partial charge is 0.0779 e. The highest BCUT2D eigenvalue weighted by atomic mass is 15.2. The minimum atomic E-state index is 1.19. The number of pyridine rings is 1. The topological polar surface area (TPSA) is 17.3 Å². The van der Waals surface area contributed by atoms with Crippen LogP contribution in [0, 0.1) is 27.7 Å². The van der Waals surface area contributed by atoms with Gasteiger partial charge in [-0.15, -0.1) is 0 Å². The Hall–Kier alpha value is -2.35. The molecule has 21 heavy (non-hydrogen) atoms. The molecule has 0 aliphatic rings. The standard InChI is InChI=1S/C19H18N2/c1-11-8-13(3)18-15(9-11)17-12(2)6-5-7-16(17)21-19(18)14(4)10-20-21/h5-10H,1-4H3. The Morgan fingerprint density at radius 1 is 0.857 bits per heavy atom. The molecule has 2 aromatic carbocycles. The van der Waals surface area contributed by atoms with Crippen LogP contribution in [0.2, 0.25) is 0 Å². The molecule has 4 rings (SSSR count).